The van der Waals surface area contributed by atoms with Crippen molar-refractivity contribution in [2.24, 2.45) is 17.3 Å². The predicted molar refractivity (Wildman–Crippen MR) is 89.0 cm³/mol. The van der Waals surface area contributed by atoms with Crippen molar-refractivity contribution in [3.8, 4) is 0 Å². The van der Waals surface area contributed by atoms with Crippen LogP contribution in [0.25, 0.3) is 0 Å². The molecule has 0 aromatic heterocycles. The molecule has 0 aliphatic heterocycles. The van der Waals surface area contributed by atoms with Gasteiger partial charge in [0.2, 0.25) is 0 Å². The van der Waals surface area contributed by atoms with Crippen molar-refractivity contribution in [3.05, 3.63) is 0 Å². The molecule has 1 N–H and O–H groups in total. The van der Waals surface area contributed by atoms with E-state index in [2.05, 4.69) is 26.1 Å². The smallest absolute Gasteiger partial charge is 0.0152 e. The summed E-state index contributed by atoms with van der Waals surface area (Å²) >= 11 is 0. The van der Waals surface area contributed by atoms with Crippen LogP contribution in [0.15, 0.2) is 0 Å². The van der Waals surface area contributed by atoms with Gasteiger partial charge in [-0.15, -0.1) is 0 Å². The summed E-state index contributed by atoms with van der Waals surface area (Å²) in [4.78, 5) is 0. The maximum absolute atomic E-state index is 4.03. The summed E-state index contributed by atoms with van der Waals surface area (Å²) < 4.78 is 0. The van der Waals surface area contributed by atoms with E-state index in [1.165, 1.54) is 77.2 Å². The molecule has 1 nitrogen and oxygen atoms in total. The van der Waals surface area contributed by atoms with Crippen molar-refractivity contribution in [2.75, 3.05) is 6.54 Å². The zero-order valence-electron chi connectivity index (χ0n) is 14.2. The zero-order chi connectivity index (χ0) is 14.4. The first kappa shape index (κ1) is 16.3. The Hall–Kier alpha value is -0.0400. The molecule has 2 aliphatic rings. The largest absolute Gasteiger partial charge is 0.313 e. The first-order chi connectivity index (χ1) is 9.68. The monoisotopic (exact) mass is 279 g/mol. The first-order valence-electron chi connectivity index (χ1n) is 9.41. The maximum atomic E-state index is 4.03. The van der Waals surface area contributed by atoms with E-state index in [1.807, 2.05) is 0 Å². The highest BCUT2D eigenvalue weighted by atomic mass is 14.9. The summed E-state index contributed by atoms with van der Waals surface area (Å²) in [6, 6.07) is 0.813. The standard InChI is InChI=1S/C19H37N/c1-4-14-20-18(17-10-6-5-7-11-17)19(15-16(2)3)12-8-9-13-19/h16-18,20H,4-15H2,1-3H3. The fourth-order valence-electron chi connectivity index (χ4n) is 5.18. The molecule has 0 heterocycles. The molecule has 2 aliphatic carbocycles. The van der Waals surface area contributed by atoms with Gasteiger partial charge in [-0.25, -0.2) is 0 Å². The molecule has 118 valence electrons. The molecule has 0 radical (unpaired) electrons. The molecule has 1 unspecified atom stereocenters. The van der Waals surface area contributed by atoms with Crippen LogP contribution in [0.3, 0.4) is 0 Å². The van der Waals surface area contributed by atoms with Crippen LogP contribution in [0.5, 0.6) is 0 Å². The molecular weight excluding hydrogens is 242 g/mol. The van der Waals surface area contributed by atoms with Crippen molar-refractivity contribution in [1.29, 1.82) is 0 Å². The van der Waals surface area contributed by atoms with Gasteiger partial charge in [0.15, 0.2) is 0 Å². The average molecular weight is 280 g/mol. The van der Waals surface area contributed by atoms with Crippen molar-refractivity contribution < 1.29 is 0 Å². The number of rotatable bonds is 7. The van der Waals surface area contributed by atoms with E-state index in [9.17, 15) is 0 Å². The van der Waals surface area contributed by atoms with Gasteiger partial charge in [-0.05, 0) is 62.3 Å². The molecule has 0 aromatic carbocycles. The molecule has 0 spiro atoms. The third-order valence-electron chi connectivity index (χ3n) is 5.81. The minimum atomic E-state index is 0.630. The summed E-state index contributed by atoms with van der Waals surface area (Å²) in [5.74, 6) is 1.81. The van der Waals surface area contributed by atoms with Crippen LogP contribution in [-0.2, 0) is 0 Å². The van der Waals surface area contributed by atoms with Crippen molar-refractivity contribution in [2.45, 2.75) is 97.4 Å². The highest BCUT2D eigenvalue weighted by molar-refractivity contribution is 4.98. The van der Waals surface area contributed by atoms with E-state index < -0.39 is 0 Å². The molecule has 2 saturated carbocycles. The molecule has 0 amide bonds. The van der Waals surface area contributed by atoms with E-state index in [-0.39, 0.29) is 0 Å². The van der Waals surface area contributed by atoms with Gasteiger partial charge in [-0.1, -0.05) is 52.9 Å². The molecule has 0 aromatic rings. The second-order valence-electron chi connectivity index (χ2n) is 8.00. The van der Waals surface area contributed by atoms with Crippen LogP contribution in [0.1, 0.15) is 91.4 Å². The highest BCUT2D eigenvalue weighted by Gasteiger charge is 2.44. The molecule has 20 heavy (non-hydrogen) atoms. The quantitative estimate of drug-likeness (QED) is 0.645. The van der Waals surface area contributed by atoms with Gasteiger partial charge < -0.3 is 5.32 Å². The second kappa shape index (κ2) is 7.82. The first-order valence-corrected chi connectivity index (χ1v) is 9.41. The van der Waals surface area contributed by atoms with Gasteiger partial charge in [-0.2, -0.15) is 0 Å². The zero-order valence-corrected chi connectivity index (χ0v) is 14.2. The summed E-state index contributed by atoms with van der Waals surface area (Å²) in [6.45, 7) is 8.39. The van der Waals surface area contributed by atoms with Crippen LogP contribution in [-0.4, -0.2) is 12.6 Å². The fourth-order valence-corrected chi connectivity index (χ4v) is 5.18. The Balaban J connectivity index is 2.12. The van der Waals surface area contributed by atoms with Crippen LogP contribution < -0.4 is 5.32 Å². The van der Waals surface area contributed by atoms with E-state index in [0.717, 1.165) is 17.9 Å². The molecule has 1 atom stereocenters. The Kier molecular flexibility index (Phi) is 6.39. The normalized spacial score (nSPS) is 25.2. The van der Waals surface area contributed by atoms with Gasteiger partial charge in [0.05, 0.1) is 0 Å². The van der Waals surface area contributed by atoms with Gasteiger partial charge >= 0.3 is 0 Å². The lowest BCUT2D eigenvalue weighted by Crippen LogP contribution is -2.50. The summed E-state index contributed by atoms with van der Waals surface area (Å²) in [5, 5.41) is 4.03. The van der Waals surface area contributed by atoms with Crippen LogP contribution in [0.4, 0.5) is 0 Å². The Labute approximate surface area is 127 Å². The van der Waals surface area contributed by atoms with Crippen LogP contribution in [0, 0.1) is 17.3 Å². The average Bonchev–Trinajstić information content (AvgIpc) is 2.89. The Morgan fingerprint density at radius 2 is 1.65 bits per heavy atom. The van der Waals surface area contributed by atoms with Gasteiger partial charge in [0, 0.05) is 6.04 Å². The van der Waals surface area contributed by atoms with Gasteiger partial charge in [0.1, 0.15) is 0 Å². The number of hydrogen-bond acceptors (Lipinski definition) is 1. The Morgan fingerprint density at radius 1 is 1.00 bits per heavy atom. The van der Waals surface area contributed by atoms with Crippen molar-refractivity contribution in [1.82, 2.24) is 5.32 Å². The van der Waals surface area contributed by atoms with E-state index in [4.69, 9.17) is 0 Å². The lowest BCUT2D eigenvalue weighted by atomic mass is 9.65. The fraction of sp³-hybridized carbons (Fsp3) is 1.00. The molecule has 1 heteroatoms. The Morgan fingerprint density at radius 3 is 2.20 bits per heavy atom. The maximum Gasteiger partial charge on any atom is 0.0152 e. The number of hydrogen-bond donors (Lipinski definition) is 1. The molecule has 2 fully saturated rings. The SMILES string of the molecule is CCCNC(C1CCCCC1)C1(CC(C)C)CCCC1. The topological polar surface area (TPSA) is 12.0 Å². The van der Waals surface area contributed by atoms with Crippen LogP contribution >= 0.6 is 0 Å². The Bertz CT molecular complexity index is 259. The number of nitrogens with one attached hydrogen (secondary N) is 1. The lowest BCUT2D eigenvalue weighted by molar-refractivity contribution is 0.0912. The minimum Gasteiger partial charge on any atom is -0.313 e. The molecule has 2 rings (SSSR count). The third kappa shape index (κ3) is 4.00. The lowest BCUT2D eigenvalue weighted by Gasteiger charge is -2.45. The molecule has 0 bridgehead atoms. The summed E-state index contributed by atoms with van der Waals surface area (Å²) in [6.07, 6.45) is 16.1. The van der Waals surface area contributed by atoms with Gasteiger partial charge in [0.25, 0.3) is 0 Å². The van der Waals surface area contributed by atoms with Crippen molar-refractivity contribution in [3.63, 3.8) is 0 Å². The van der Waals surface area contributed by atoms with Gasteiger partial charge in [-0.3, -0.25) is 0 Å². The summed E-state index contributed by atoms with van der Waals surface area (Å²) in [7, 11) is 0. The van der Waals surface area contributed by atoms with E-state index in [0.29, 0.717) is 5.41 Å². The third-order valence-corrected chi connectivity index (χ3v) is 5.81. The molecular formula is C19H37N. The van der Waals surface area contributed by atoms with E-state index in [1.54, 1.807) is 0 Å². The van der Waals surface area contributed by atoms with Crippen molar-refractivity contribution >= 4 is 0 Å². The van der Waals surface area contributed by atoms with Crippen LogP contribution in [0.2, 0.25) is 0 Å². The second-order valence-corrected chi connectivity index (χ2v) is 8.00. The van der Waals surface area contributed by atoms with E-state index >= 15 is 0 Å². The summed E-state index contributed by atoms with van der Waals surface area (Å²) in [5.41, 5.74) is 0.630. The molecule has 0 saturated heterocycles. The highest BCUT2D eigenvalue weighted by Crippen LogP contribution is 2.49. The predicted octanol–water partition coefficient (Wildman–Crippen LogP) is 5.54. The minimum absolute atomic E-state index is 0.630.